The van der Waals surface area contributed by atoms with Crippen LogP contribution >= 0.6 is 47.8 Å². The Bertz CT molecular complexity index is 368. The Balaban J connectivity index is 2.85. The molecule has 0 aromatic heterocycles. The molecular formula is C12H13Br3O. The van der Waals surface area contributed by atoms with Crippen LogP contribution in [0.1, 0.15) is 19.4 Å². The van der Waals surface area contributed by atoms with E-state index < -0.39 is 0 Å². The van der Waals surface area contributed by atoms with E-state index in [1.807, 2.05) is 32.0 Å². The van der Waals surface area contributed by atoms with Gasteiger partial charge in [-0.25, -0.2) is 0 Å². The third-order valence-corrected chi connectivity index (χ3v) is 4.58. The van der Waals surface area contributed by atoms with Gasteiger partial charge in [-0.2, -0.15) is 0 Å². The summed E-state index contributed by atoms with van der Waals surface area (Å²) < 4.78 is 2.06. The molecule has 0 saturated heterocycles. The Morgan fingerprint density at radius 2 is 1.75 bits per heavy atom. The molecule has 0 amide bonds. The first kappa shape index (κ1) is 14.4. The van der Waals surface area contributed by atoms with Crippen LogP contribution in [0.25, 0.3) is 0 Å². The van der Waals surface area contributed by atoms with Crippen LogP contribution in [-0.4, -0.2) is 10.6 Å². The summed E-state index contributed by atoms with van der Waals surface area (Å²) in [7, 11) is 0. The molecule has 0 aliphatic carbocycles. The zero-order chi connectivity index (χ0) is 12.3. The summed E-state index contributed by atoms with van der Waals surface area (Å²) in [5.41, 5.74) is 1.12. The zero-order valence-electron chi connectivity index (χ0n) is 9.14. The summed E-state index contributed by atoms with van der Waals surface area (Å²) in [5, 5.41) is 0. The maximum atomic E-state index is 11.8. The standard InChI is InChI=1S/C12H13Br3O/c1-7(2)12(16)11(15)6-8-9(13)4-3-5-10(8)14/h3-5,7,11H,6H2,1-2H3. The van der Waals surface area contributed by atoms with Gasteiger partial charge in [0.05, 0.1) is 4.83 Å². The van der Waals surface area contributed by atoms with Crippen LogP contribution in [0.4, 0.5) is 0 Å². The van der Waals surface area contributed by atoms with Crippen LogP contribution in [0, 0.1) is 5.92 Å². The van der Waals surface area contributed by atoms with Gasteiger partial charge in [-0.15, -0.1) is 0 Å². The summed E-state index contributed by atoms with van der Waals surface area (Å²) in [6, 6.07) is 5.94. The number of benzene rings is 1. The van der Waals surface area contributed by atoms with E-state index in [1.54, 1.807) is 0 Å². The van der Waals surface area contributed by atoms with Crippen molar-refractivity contribution >= 4 is 53.6 Å². The van der Waals surface area contributed by atoms with Crippen LogP contribution in [0.5, 0.6) is 0 Å². The lowest BCUT2D eigenvalue weighted by molar-refractivity contribution is -0.121. The number of rotatable bonds is 4. The smallest absolute Gasteiger partial charge is 0.149 e. The topological polar surface area (TPSA) is 17.1 Å². The second-order valence-corrected chi connectivity index (χ2v) is 6.74. The summed E-state index contributed by atoms with van der Waals surface area (Å²) in [5.74, 6) is 0.299. The summed E-state index contributed by atoms with van der Waals surface area (Å²) in [6.45, 7) is 3.84. The molecule has 1 atom stereocenters. The van der Waals surface area contributed by atoms with Gasteiger partial charge in [0.1, 0.15) is 5.78 Å². The molecule has 1 nitrogen and oxygen atoms in total. The molecule has 1 rings (SSSR count). The molecule has 4 heteroatoms. The van der Waals surface area contributed by atoms with E-state index in [0.29, 0.717) is 6.42 Å². The van der Waals surface area contributed by atoms with Gasteiger partial charge < -0.3 is 0 Å². The molecule has 0 radical (unpaired) electrons. The van der Waals surface area contributed by atoms with Crippen LogP contribution in [-0.2, 0) is 11.2 Å². The third kappa shape index (κ3) is 3.67. The molecule has 0 heterocycles. The SMILES string of the molecule is CC(C)C(=O)C(Br)Cc1c(Br)cccc1Br. The van der Waals surface area contributed by atoms with Gasteiger partial charge in [0, 0.05) is 14.9 Å². The lowest BCUT2D eigenvalue weighted by Crippen LogP contribution is -2.22. The molecule has 0 aliphatic heterocycles. The van der Waals surface area contributed by atoms with Gasteiger partial charge in [-0.3, -0.25) is 4.79 Å². The molecule has 1 aromatic rings. The first-order valence-electron chi connectivity index (χ1n) is 5.04. The van der Waals surface area contributed by atoms with Crippen molar-refractivity contribution in [3.05, 3.63) is 32.7 Å². The minimum atomic E-state index is -0.123. The van der Waals surface area contributed by atoms with E-state index in [9.17, 15) is 4.79 Å². The van der Waals surface area contributed by atoms with E-state index in [-0.39, 0.29) is 16.5 Å². The average Bonchev–Trinajstić information content (AvgIpc) is 2.22. The molecule has 0 saturated carbocycles. The van der Waals surface area contributed by atoms with Crippen LogP contribution in [0.15, 0.2) is 27.1 Å². The summed E-state index contributed by atoms with van der Waals surface area (Å²) in [6.07, 6.45) is 0.693. The number of alkyl halides is 1. The van der Waals surface area contributed by atoms with Gasteiger partial charge in [-0.1, -0.05) is 67.7 Å². The Morgan fingerprint density at radius 3 is 2.19 bits per heavy atom. The van der Waals surface area contributed by atoms with Crippen molar-refractivity contribution in [1.29, 1.82) is 0 Å². The highest BCUT2D eigenvalue weighted by Gasteiger charge is 2.20. The molecule has 0 bridgehead atoms. The number of Topliss-reactive ketones (excluding diaryl/α,β-unsaturated/α-hetero) is 1. The van der Waals surface area contributed by atoms with Crippen LogP contribution in [0.2, 0.25) is 0 Å². The van der Waals surface area contributed by atoms with Crippen LogP contribution < -0.4 is 0 Å². The quantitative estimate of drug-likeness (QED) is 0.652. The second-order valence-electron chi connectivity index (χ2n) is 3.93. The van der Waals surface area contributed by atoms with E-state index in [4.69, 9.17) is 0 Å². The van der Waals surface area contributed by atoms with Crippen molar-refractivity contribution in [2.24, 2.45) is 5.92 Å². The molecule has 0 aliphatic rings. The van der Waals surface area contributed by atoms with Crippen molar-refractivity contribution in [2.75, 3.05) is 0 Å². The first-order chi connectivity index (χ1) is 7.43. The fourth-order valence-electron chi connectivity index (χ4n) is 1.37. The number of carbonyl (C=O) groups is 1. The van der Waals surface area contributed by atoms with Crippen molar-refractivity contribution in [3.8, 4) is 0 Å². The fraction of sp³-hybridized carbons (Fsp3) is 0.417. The lowest BCUT2D eigenvalue weighted by atomic mass is 10.0. The van der Waals surface area contributed by atoms with E-state index >= 15 is 0 Å². The zero-order valence-corrected chi connectivity index (χ0v) is 13.9. The van der Waals surface area contributed by atoms with Gasteiger partial charge in [0.25, 0.3) is 0 Å². The molecule has 0 N–H and O–H groups in total. The predicted molar refractivity (Wildman–Crippen MR) is 78.1 cm³/mol. The molecule has 16 heavy (non-hydrogen) atoms. The van der Waals surface area contributed by atoms with E-state index in [1.165, 1.54) is 0 Å². The van der Waals surface area contributed by atoms with E-state index in [2.05, 4.69) is 47.8 Å². The van der Waals surface area contributed by atoms with Crippen molar-refractivity contribution in [2.45, 2.75) is 25.1 Å². The van der Waals surface area contributed by atoms with Crippen molar-refractivity contribution in [3.63, 3.8) is 0 Å². The molecule has 0 fully saturated rings. The van der Waals surface area contributed by atoms with Gasteiger partial charge >= 0.3 is 0 Å². The lowest BCUT2D eigenvalue weighted by Gasteiger charge is -2.13. The Hall–Kier alpha value is 0.330. The maximum absolute atomic E-state index is 11.8. The fourth-order valence-corrected chi connectivity index (χ4v) is 3.54. The van der Waals surface area contributed by atoms with Gasteiger partial charge in [0.2, 0.25) is 0 Å². The molecular weight excluding hydrogens is 400 g/mol. The van der Waals surface area contributed by atoms with Gasteiger partial charge in [-0.05, 0) is 24.1 Å². The molecule has 1 unspecified atom stereocenters. The normalized spacial score (nSPS) is 12.9. The maximum Gasteiger partial charge on any atom is 0.149 e. The Morgan fingerprint density at radius 1 is 1.25 bits per heavy atom. The van der Waals surface area contributed by atoms with Gasteiger partial charge in [0.15, 0.2) is 0 Å². The first-order valence-corrected chi connectivity index (χ1v) is 7.54. The number of hydrogen-bond donors (Lipinski definition) is 0. The number of halogens is 3. The summed E-state index contributed by atoms with van der Waals surface area (Å²) >= 11 is 10.5. The highest BCUT2D eigenvalue weighted by atomic mass is 79.9. The largest absolute Gasteiger partial charge is 0.298 e. The second kappa shape index (κ2) is 6.31. The molecule has 1 aromatic carbocycles. The molecule has 88 valence electrons. The number of carbonyl (C=O) groups excluding carboxylic acids is 1. The highest BCUT2D eigenvalue weighted by Crippen LogP contribution is 2.28. The highest BCUT2D eigenvalue weighted by molar-refractivity contribution is 9.11. The van der Waals surface area contributed by atoms with Crippen LogP contribution in [0.3, 0.4) is 0 Å². The van der Waals surface area contributed by atoms with E-state index in [0.717, 1.165) is 14.5 Å². The number of hydrogen-bond acceptors (Lipinski definition) is 1. The Kier molecular flexibility index (Phi) is 5.68. The number of ketones is 1. The minimum absolute atomic E-state index is 0.0608. The molecule has 0 spiro atoms. The monoisotopic (exact) mass is 410 g/mol. The Labute approximate surface area is 121 Å². The van der Waals surface area contributed by atoms with Crippen molar-refractivity contribution in [1.82, 2.24) is 0 Å². The van der Waals surface area contributed by atoms with Crippen molar-refractivity contribution < 1.29 is 4.79 Å². The predicted octanol–water partition coefficient (Wildman–Crippen LogP) is 4.74. The average molecular weight is 413 g/mol. The summed E-state index contributed by atoms with van der Waals surface area (Å²) in [4.78, 5) is 11.7. The minimum Gasteiger partial charge on any atom is -0.298 e. The third-order valence-electron chi connectivity index (χ3n) is 2.32.